The highest BCUT2D eigenvalue weighted by atomic mass is 32.1. The van der Waals surface area contributed by atoms with Crippen molar-refractivity contribution in [3.05, 3.63) is 59.2 Å². The van der Waals surface area contributed by atoms with Gasteiger partial charge >= 0.3 is 0 Å². The minimum absolute atomic E-state index is 0.150. The second-order valence-corrected chi connectivity index (χ2v) is 8.98. The number of ether oxygens (including phenoxy) is 2. The Hall–Kier alpha value is -3.68. The van der Waals surface area contributed by atoms with Crippen LogP contribution >= 0.6 is 11.3 Å². The van der Waals surface area contributed by atoms with E-state index in [-0.39, 0.29) is 11.9 Å². The number of hydrogen-bond acceptors (Lipinski definition) is 9. The van der Waals surface area contributed by atoms with Crippen LogP contribution in [0.3, 0.4) is 0 Å². The number of thiazole rings is 1. The number of carbonyl (C=O) groups excluding carboxylic acids is 1. The first-order valence-corrected chi connectivity index (χ1v) is 12.3. The van der Waals surface area contributed by atoms with Crippen molar-refractivity contribution < 1.29 is 14.3 Å². The molecule has 1 aliphatic rings. The molecule has 9 nitrogen and oxygen atoms in total. The van der Waals surface area contributed by atoms with Gasteiger partial charge in [-0.15, -0.1) is 11.3 Å². The van der Waals surface area contributed by atoms with Gasteiger partial charge in [0.25, 0.3) is 5.91 Å². The molecule has 3 heterocycles. The molecule has 0 saturated carbocycles. The third-order valence-electron chi connectivity index (χ3n) is 5.81. The first kappa shape index (κ1) is 24.4. The molecule has 182 valence electrons. The zero-order chi connectivity index (χ0) is 24.6. The first-order valence-electron chi connectivity index (χ1n) is 11.4. The molecule has 1 fully saturated rings. The summed E-state index contributed by atoms with van der Waals surface area (Å²) in [6, 6.07) is 15.6. The van der Waals surface area contributed by atoms with Crippen molar-refractivity contribution in [3.63, 3.8) is 0 Å². The fourth-order valence-electron chi connectivity index (χ4n) is 4.01. The number of aromatic nitrogens is 2. The number of methoxy groups -OCH3 is 1. The van der Waals surface area contributed by atoms with E-state index in [1.54, 1.807) is 24.4 Å². The Balaban J connectivity index is 1.33. The van der Waals surface area contributed by atoms with Gasteiger partial charge in [0, 0.05) is 12.4 Å². The predicted octanol–water partition coefficient (Wildman–Crippen LogP) is 4.10. The van der Waals surface area contributed by atoms with E-state index in [9.17, 15) is 4.79 Å². The Kier molecular flexibility index (Phi) is 8.13. The number of nitriles is 1. The molecule has 1 saturated heterocycles. The van der Waals surface area contributed by atoms with E-state index >= 15 is 0 Å². The number of pyridine rings is 1. The first-order chi connectivity index (χ1) is 17.1. The Labute approximate surface area is 208 Å². The summed E-state index contributed by atoms with van der Waals surface area (Å²) in [6.07, 6.45) is 2.04. The lowest BCUT2D eigenvalue weighted by Crippen LogP contribution is -2.31. The van der Waals surface area contributed by atoms with E-state index in [1.165, 1.54) is 11.3 Å². The van der Waals surface area contributed by atoms with Gasteiger partial charge in [0.15, 0.2) is 16.6 Å². The van der Waals surface area contributed by atoms with Crippen LogP contribution in [0.2, 0.25) is 0 Å². The number of hydrogen-bond donors (Lipinski definition) is 1. The fraction of sp³-hybridized carbons (Fsp3) is 0.360. The fourth-order valence-corrected chi connectivity index (χ4v) is 4.71. The Morgan fingerprint density at radius 1 is 1.26 bits per heavy atom. The molecule has 1 N–H and O–H groups in total. The van der Waals surface area contributed by atoms with E-state index in [4.69, 9.17) is 19.7 Å². The van der Waals surface area contributed by atoms with Crippen molar-refractivity contribution in [1.82, 2.24) is 19.8 Å². The van der Waals surface area contributed by atoms with E-state index in [2.05, 4.69) is 21.3 Å². The van der Waals surface area contributed by atoms with E-state index in [0.29, 0.717) is 47.8 Å². The van der Waals surface area contributed by atoms with Crippen molar-refractivity contribution in [2.24, 2.45) is 0 Å². The number of para-hydroxylation sites is 2. The standard InChI is InChI=1S/C25H28N6O3S/c1-30(15-16-34-22-10-4-3-9-21(22)33-2)24(32)19-17-35-25(28-19)29-23-11-5-7-18(27-23)20-8-6-13-31(20)14-12-26/h3-5,7,9-11,17,20H,6,8,13-16H2,1-2H3,(H,27,28,29)/t20-/m0/s1. The maximum atomic E-state index is 12.8. The summed E-state index contributed by atoms with van der Waals surface area (Å²) < 4.78 is 11.0. The van der Waals surface area contributed by atoms with Gasteiger partial charge in [0.2, 0.25) is 0 Å². The lowest BCUT2D eigenvalue weighted by molar-refractivity contribution is 0.0768. The van der Waals surface area contributed by atoms with Crippen molar-refractivity contribution in [2.75, 3.05) is 45.7 Å². The van der Waals surface area contributed by atoms with Crippen molar-refractivity contribution >= 4 is 28.2 Å². The number of likely N-dealkylation sites (tertiary alicyclic amines) is 1. The third kappa shape index (κ3) is 6.07. The van der Waals surface area contributed by atoms with Crippen LogP contribution in [0, 0.1) is 11.3 Å². The van der Waals surface area contributed by atoms with Crippen LogP contribution in [0.4, 0.5) is 10.9 Å². The average Bonchev–Trinajstić information content (AvgIpc) is 3.54. The SMILES string of the molecule is COc1ccccc1OCCN(C)C(=O)c1csc(Nc2cccc([C@@H]3CCCN3CC#N)n2)n1. The second kappa shape index (κ2) is 11.6. The molecule has 1 amide bonds. The lowest BCUT2D eigenvalue weighted by atomic mass is 10.1. The highest BCUT2D eigenvalue weighted by Gasteiger charge is 2.27. The van der Waals surface area contributed by atoms with Crippen LogP contribution in [0.5, 0.6) is 11.5 Å². The van der Waals surface area contributed by atoms with E-state index < -0.39 is 0 Å². The number of nitrogens with zero attached hydrogens (tertiary/aromatic N) is 5. The van der Waals surface area contributed by atoms with Gasteiger partial charge in [-0.25, -0.2) is 9.97 Å². The molecule has 1 aliphatic heterocycles. The zero-order valence-electron chi connectivity index (χ0n) is 19.8. The van der Waals surface area contributed by atoms with Gasteiger partial charge < -0.3 is 19.7 Å². The number of benzene rings is 1. The van der Waals surface area contributed by atoms with Crippen LogP contribution in [0.25, 0.3) is 0 Å². The molecule has 4 rings (SSSR count). The Bertz CT molecular complexity index is 1190. The number of rotatable bonds is 10. The monoisotopic (exact) mass is 492 g/mol. The van der Waals surface area contributed by atoms with E-state index in [0.717, 1.165) is 25.1 Å². The molecule has 0 unspecified atom stereocenters. The van der Waals surface area contributed by atoms with Gasteiger partial charge in [0.05, 0.1) is 38.0 Å². The van der Waals surface area contributed by atoms with Gasteiger partial charge in [-0.2, -0.15) is 5.26 Å². The number of likely N-dealkylation sites (N-methyl/N-ethyl adjacent to an activating group) is 1. The molecule has 0 bridgehead atoms. The molecular formula is C25H28N6O3S. The number of nitrogens with one attached hydrogen (secondary N) is 1. The summed E-state index contributed by atoms with van der Waals surface area (Å²) in [7, 11) is 3.32. The molecule has 2 aromatic heterocycles. The minimum Gasteiger partial charge on any atom is -0.493 e. The number of anilines is 2. The van der Waals surface area contributed by atoms with Gasteiger partial charge in [-0.3, -0.25) is 9.69 Å². The van der Waals surface area contributed by atoms with Crippen LogP contribution < -0.4 is 14.8 Å². The van der Waals surface area contributed by atoms with E-state index in [1.807, 2.05) is 42.5 Å². The lowest BCUT2D eigenvalue weighted by Gasteiger charge is -2.21. The molecule has 10 heteroatoms. The van der Waals surface area contributed by atoms with Gasteiger partial charge in [-0.05, 0) is 43.7 Å². The topological polar surface area (TPSA) is 104 Å². The third-order valence-corrected chi connectivity index (χ3v) is 6.57. The number of carbonyl (C=O) groups is 1. The summed E-state index contributed by atoms with van der Waals surface area (Å²) in [6.45, 7) is 2.05. The number of amides is 1. The molecule has 3 aromatic rings. The van der Waals surface area contributed by atoms with Gasteiger partial charge in [-0.1, -0.05) is 18.2 Å². The minimum atomic E-state index is -0.183. The molecule has 0 aliphatic carbocycles. The molecular weight excluding hydrogens is 464 g/mol. The second-order valence-electron chi connectivity index (χ2n) is 8.12. The molecule has 1 aromatic carbocycles. The highest BCUT2D eigenvalue weighted by molar-refractivity contribution is 7.14. The molecule has 0 spiro atoms. The summed E-state index contributed by atoms with van der Waals surface area (Å²) in [5.74, 6) is 1.77. The van der Waals surface area contributed by atoms with Crippen molar-refractivity contribution in [1.29, 1.82) is 5.26 Å². The molecule has 1 atom stereocenters. The predicted molar refractivity (Wildman–Crippen MR) is 134 cm³/mol. The van der Waals surface area contributed by atoms with Crippen LogP contribution in [-0.2, 0) is 0 Å². The normalized spacial score (nSPS) is 15.4. The van der Waals surface area contributed by atoms with Crippen molar-refractivity contribution in [3.8, 4) is 17.6 Å². The quantitative estimate of drug-likeness (QED) is 0.422. The maximum Gasteiger partial charge on any atom is 0.273 e. The molecule has 35 heavy (non-hydrogen) atoms. The maximum absolute atomic E-state index is 12.8. The highest BCUT2D eigenvalue weighted by Crippen LogP contribution is 2.31. The average molecular weight is 493 g/mol. The zero-order valence-corrected chi connectivity index (χ0v) is 20.6. The Morgan fingerprint density at radius 3 is 2.89 bits per heavy atom. The van der Waals surface area contributed by atoms with Crippen LogP contribution in [0.15, 0.2) is 47.8 Å². The van der Waals surface area contributed by atoms with Gasteiger partial charge in [0.1, 0.15) is 18.1 Å². The summed E-state index contributed by atoms with van der Waals surface area (Å²) >= 11 is 1.35. The Morgan fingerprint density at radius 2 is 2.09 bits per heavy atom. The largest absolute Gasteiger partial charge is 0.493 e. The summed E-state index contributed by atoms with van der Waals surface area (Å²) in [5, 5.41) is 14.6. The summed E-state index contributed by atoms with van der Waals surface area (Å²) in [5.41, 5.74) is 1.30. The van der Waals surface area contributed by atoms with Crippen LogP contribution in [-0.4, -0.2) is 66.1 Å². The van der Waals surface area contributed by atoms with Crippen molar-refractivity contribution in [2.45, 2.75) is 18.9 Å². The summed E-state index contributed by atoms with van der Waals surface area (Å²) in [4.78, 5) is 25.7. The smallest absolute Gasteiger partial charge is 0.273 e. The van der Waals surface area contributed by atoms with Crippen LogP contribution in [0.1, 0.15) is 35.1 Å². The molecule has 0 radical (unpaired) electrons.